The van der Waals surface area contributed by atoms with E-state index in [-0.39, 0.29) is 5.41 Å². The van der Waals surface area contributed by atoms with Gasteiger partial charge in [-0.3, -0.25) is 9.98 Å². The molecule has 0 aliphatic heterocycles. The van der Waals surface area contributed by atoms with Crippen molar-refractivity contribution < 1.29 is 4.39 Å². The van der Waals surface area contributed by atoms with Crippen molar-refractivity contribution in [1.82, 2.24) is 4.98 Å². The lowest BCUT2D eigenvalue weighted by Gasteiger charge is -2.19. The lowest BCUT2D eigenvalue weighted by Crippen LogP contribution is -2.14. The van der Waals surface area contributed by atoms with E-state index in [0.717, 1.165) is 58.6 Å². The molecule has 3 heteroatoms. The van der Waals surface area contributed by atoms with Crippen LogP contribution in [-0.2, 0) is 12.8 Å². The molecule has 168 valence electrons. The Labute approximate surface area is 189 Å². The van der Waals surface area contributed by atoms with Crippen LogP contribution in [-0.4, -0.2) is 16.4 Å². The van der Waals surface area contributed by atoms with E-state index in [2.05, 4.69) is 39.3 Å². The Kier molecular flexibility index (Phi) is 9.18. The van der Waals surface area contributed by atoms with E-state index in [1.54, 1.807) is 20.8 Å². The van der Waals surface area contributed by atoms with Gasteiger partial charge in [0.15, 0.2) is 0 Å². The quantitative estimate of drug-likeness (QED) is 0.229. The van der Waals surface area contributed by atoms with Gasteiger partial charge >= 0.3 is 0 Å². The molecule has 1 aromatic heterocycles. The highest BCUT2D eigenvalue weighted by Gasteiger charge is 2.19. The van der Waals surface area contributed by atoms with Gasteiger partial charge in [-0.25, -0.2) is 4.39 Å². The number of aromatic nitrogens is 1. The molecule has 0 unspecified atom stereocenters. The number of alkyl halides is 1. The first-order valence-electron chi connectivity index (χ1n) is 11.0. The molecule has 0 saturated carbocycles. The molecule has 0 spiro atoms. The zero-order valence-corrected chi connectivity index (χ0v) is 20.9. The number of nitrogens with zero attached hydrogens (tertiary/aromatic N) is 2. The molecule has 0 amide bonds. The minimum atomic E-state index is -1.42. The van der Waals surface area contributed by atoms with Crippen LogP contribution in [0.2, 0.25) is 0 Å². The van der Waals surface area contributed by atoms with Gasteiger partial charge in [0, 0.05) is 11.6 Å². The fraction of sp³-hybridized carbons (Fsp3) is 0.500. The van der Waals surface area contributed by atoms with Crippen molar-refractivity contribution in [2.45, 2.75) is 87.2 Å². The normalized spacial score (nSPS) is 14.2. The van der Waals surface area contributed by atoms with Gasteiger partial charge in [0.25, 0.3) is 0 Å². The smallest absolute Gasteiger partial charge is 0.126 e. The summed E-state index contributed by atoms with van der Waals surface area (Å²) in [4.78, 5) is 9.64. The standard InChI is InChI=1S/C28H39FN2/c1-12-14-24-16-23(17-27(8,9)13-2)18-30-26(24)22(7)31-25(21(6)19(3)4)15-20(5)28(10,11)29/h2,15-16,18H,3,12,14,17H2,1,4-11H3/b20-15+,25-21+,31-22+. The van der Waals surface area contributed by atoms with Crippen LogP contribution in [0.5, 0.6) is 0 Å². The monoisotopic (exact) mass is 422 g/mol. The largest absolute Gasteiger partial charge is 0.254 e. The first-order chi connectivity index (χ1) is 14.2. The summed E-state index contributed by atoms with van der Waals surface area (Å²) >= 11 is 0. The number of aliphatic imine (C=N–C) groups is 1. The third-order valence-electron chi connectivity index (χ3n) is 5.53. The second-order valence-corrected chi connectivity index (χ2v) is 9.59. The van der Waals surface area contributed by atoms with Crippen molar-refractivity contribution in [3.8, 4) is 12.3 Å². The highest BCUT2D eigenvalue weighted by molar-refractivity contribution is 5.99. The average Bonchev–Trinajstić information content (AvgIpc) is 2.66. The molecule has 1 rings (SSSR count). The van der Waals surface area contributed by atoms with Crippen molar-refractivity contribution in [1.29, 1.82) is 0 Å². The Balaban J connectivity index is 3.55. The number of allylic oxidation sites excluding steroid dienone is 4. The summed E-state index contributed by atoms with van der Waals surface area (Å²) in [5, 5.41) is 0. The number of terminal acetylenes is 1. The van der Waals surface area contributed by atoms with Gasteiger partial charge in [-0.1, -0.05) is 31.6 Å². The van der Waals surface area contributed by atoms with Crippen molar-refractivity contribution in [2.75, 3.05) is 0 Å². The lowest BCUT2D eigenvalue weighted by molar-refractivity contribution is 0.268. The fourth-order valence-electron chi connectivity index (χ4n) is 3.06. The first kappa shape index (κ1) is 26.6. The van der Waals surface area contributed by atoms with Crippen LogP contribution in [0.1, 0.15) is 85.6 Å². The van der Waals surface area contributed by atoms with Crippen LogP contribution in [0.15, 0.2) is 52.3 Å². The van der Waals surface area contributed by atoms with E-state index in [1.807, 2.05) is 33.0 Å². The van der Waals surface area contributed by atoms with Crippen molar-refractivity contribution >= 4 is 5.71 Å². The molecule has 0 N–H and O–H groups in total. The number of halogens is 1. The van der Waals surface area contributed by atoms with E-state index in [1.165, 1.54) is 0 Å². The zero-order valence-electron chi connectivity index (χ0n) is 20.9. The summed E-state index contributed by atoms with van der Waals surface area (Å²) in [6, 6.07) is 2.20. The lowest BCUT2D eigenvalue weighted by atomic mass is 9.86. The highest BCUT2D eigenvalue weighted by Crippen LogP contribution is 2.26. The minimum Gasteiger partial charge on any atom is -0.254 e. The summed E-state index contributed by atoms with van der Waals surface area (Å²) in [7, 11) is 0. The molecule has 0 aliphatic carbocycles. The van der Waals surface area contributed by atoms with Crippen molar-refractivity contribution in [2.24, 2.45) is 10.4 Å². The Hall–Kier alpha value is -2.47. The topological polar surface area (TPSA) is 25.2 Å². The molecule has 0 bridgehead atoms. The summed E-state index contributed by atoms with van der Waals surface area (Å²) in [6.45, 7) is 21.1. The molecule has 0 atom stereocenters. The van der Waals surface area contributed by atoms with Gasteiger partial charge in [0.05, 0.1) is 17.1 Å². The Morgan fingerprint density at radius 3 is 2.32 bits per heavy atom. The fourth-order valence-corrected chi connectivity index (χ4v) is 3.06. The van der Waals surface area contributed by atoms with Gasteiger partial charge in [-0.05, 0) is 96.6 Å². The van der Waals surface area contributed by atoms with E-state index >= 15 is 0 Å². The Bertz CT molecular complexity index is 944. The van der Waals surface area contributed by atoms with Crippen molar-refractivity contribution in [3.63, 3.8) is 0 Å². The predicted molar refractivity (Wildman–Crippen MR) is 133 cm³/mol. The van der Waals surface area contributed by atoms with E-state index in [9.17, 15) is 4.39 Å². The van der Waals surface area contributed by atoms with Crippen LogP contribution in [0.25, 0.3) is 0 Å². The van der Waals surface area contributed by atoms with Crippen molar-refractivity contribution in [3.05, 3.63) is 64.2 Å². The zero-order chi connectivity index (χ0) is 24.0. The third-order valence-corrected chi connectivity index (χ3v) is 5.53. The van der Waals surface area contributed by atoms with Crippen LogP contribution >= 0.6 is 0 Å². The maximum atomic E-state index is 14.5. The molecule has 0 aliphatic rings. The highest BCUT2D eigenvalue weighted by atomic mass is 19.1. The van der Waals surface area contributed by atoms with Crippen LogP contribution < -0.4 is 0 Å². The predicted octanol–water partition coefficient (Wildman–Crippen LogP) is 7.59. The van der Waals surface area contributed by atoms with Gasteiger partial charge in [0.2, 0.25) is 0 Å². The molecule has 1 heterocycles. The van der Waals surface area contributed by atoms with Gasteiger partial charge in [-0.2, -0.15) is 0 Å². The van der Waals surface area contributed by atoms with Crippen LogP contribution in [0.4, 0.5) is 4.39 Å². The summed E-state index contributed by atoms with van der Waals surface area (Å²) in [6.07, 6.45) is 12.1. The number of hydrogen-bond acceptors (Lipinski definition) is 2. The number of pyridine rings is 1. The molecule has 1 aromatic rings. The van der Waals surface area contributed by atoms with Crippen LogP contribution in [0, 0.1) is 17.8 Å². The third kappa shape index (κ3) is 7.94. The SMILES string of the molecule is C#CC(C)(C)Cc1cnc(/C(C)=N/C(/C=C(\C)C(C)(C)F)=C(\C)C(=C)C)c(CCC)c1. The number of hydrogen-bond donors (Lipinski definition) is 0. The molecule has 0 fully saturated rings. The van der Waals surface area contributed by atoms with Crippen LogP contribution in [0.3, 0.4) is 0 Å². The molecule has 0 radical (unpaired) electrons. The number of rotatable bonds is 9. The average molecular weight is 423 g/mol. The maximum absolute atomic E-state index is 14.5. The second-order valence-electron chi connectivity index (χ2n) is 9.59. The summed E-state index contributed by atoms with van der Waals surface area (Å²) < 4.78 is 14.5. The molecule has 0 saturated heterocycles. The molecule has 31 heavy (non-hydrogen) atoms. The summed E-state index contributed by atoms with van der Waals surface area (Å²) in [5.41, 5.74) is 5.52. The first-order valence-corrected chi connectivity index (χ1v) is 11.0. The Morgan fingerprint density at radius 2 is 1.84 bits per heavy atom. The molecular weight excluding hydrogens is 383 g/mol. The Morgan fingerprint density at radius 1 is 1.23 bits per heavy atom. The molecule has 0 aromatic carbocycles. The minimum absolute atomic E-state index is 0.216. The molecular formula is C28H39FN2. The van der Waals surface area contributed by atoms with E-state index in [4.69, 9.17) is 16.4 Å². The summed E-state index contributed by atoms with van der Waals surface area (Å²) in [5.74, 6) is 2.86. The number of aryl methyl sites for hydroxylation is 1. The second kappa shape index (κ2) is 10.7. The van der Waals surface area contributed by atoms with E-state index in [0.29, 0.717) is 5.57 Å². The molecule has 2 nitrogen and oxygen atoms in total. The van der Waals surface area contributed by atoms with Gasteiger partial charge in [-0.15, -0.1) is 12.3 Å². The van der Waals surface area contributed by atoms with E-state index < -0.39 is 5.67 Å². The van der Waals surface area contributed by atoms with Gasteiger partial charge < -0.3 is 0 Å². The van der Waals surface area contributed by atoms with Gasteiger partial charge in [0.1, 0.15) is 5.67 Å². The maximum Gasteiger partial charge on any atom is 0.126 e.